The molecule has 4 heteroatoms. The zero-order chi connectivity index (χ0) is 14.3. The van der Waals surface area contributed by atoms with Gasteiger partial charge in [0.15, 0.2) is 11.5 Å². The SMILES string of the molecule is CCN(CC)CC(NC)c1ccc(OC)c(OC)c1. The first-order chi connectivity index (χ1) is 9.19. The molecule has 19 heavy (non-hydrogen) atoms. The lowest BCUT2D eigenvalue weighted by atomic mass is 10.1. The van der Waals surface area contributed by atoms with Crippen LogP contribution in [0.4, 0.5) is 0 Å². The Labute approximate surface area is 116 Å². The summed E-state index contributed by atoms with van der Waals surface area (Å²) in [6.45, 7) is 7.47. The van der Waals surface area contributed by atoms with Crippen molar-refractivity contribution in [1.82, 2.24) is 10.2 Å². The highest BCUT2D eigenvalue weighted by atomic mass is 16.5. The van der Waals surface area contributed by atoms with Crippen molar-refractivity contribution in [2.24, 2.45) is 0 Å². The molecule has 0 saturated heterocycles. The van der Waals surface area contributed by atoms with E-state index in [0.717, 1.165) is 31.1 Å². The van der Waals surface area contributed by atoms with E-state index in [0.29, 0.717) is 6.04 Å². The summed E-state index contributed by atoms with van der Waals surface area (Å²) < 4.78 is 10.6. The van der Waals surface area contributed by atoms with Gasteiger partial charge in [0.2, 0.25) is 0 Å². The van der Waals surface area contributed by atoms with E-state index < -0.39 is 0 Å². The largest absolute Gasteiger partial charge is 0.493 e. The van der Waals surface area contributed by atoms with Gasteiger partial charge in [-0.05, 0) is 37.8 Å². The van der Waals surface area contributed by atoms with Crippen molar-refractivity contribution in [2.75, 3.05) is 40.9 Å². The maximum Gasteiger partial charge on any atom is 0.161 e. The van der Waals surface area contributed by atoms with Crippen molar-refractivity contribution in [1.29, 1.82) is 0 Å². The van der Waals surface area contributed by atoms with Gasteiger partial charge in [0.05, 0.1) is 14.2 Å². The molecule has 1 aromatic rings. The van der Waals surface area contributed by atoms with E-state index in [-0.39, 0.29) is 0 Å². The summed E-state index contributed by atoms with van der Waals surface area (Å²) in [6, 6.07) is 6.38. The van der Waals surface area contributed by atoms with Gasteiger partial charge in [-0.1, -0.05) is 19.9 Å². The molecule has 0 aromatic heterocycles. The van der Waals surface area contributed by atoms with Gasteiger partial charge in [0.1, 0.15) is 0 Å². The Morgan fingerprint density at radius 1 is 1.11 bits per heavy atom. The van der Waals surface area contributed by atoms with Crippen molar-refractivity contribution < 1.29 is 9.47 Å². The topological polar surface area (TPSA) is 33.7 Å². The minimum atomic E-state index is 0.291. The molecule has 1 aromatic carbocycles. The molecule has 0 amide bonds. The summed E-state index contributed by atoms with van der Waals surface area (Å²) in [4.78, 5) is 2.40. The van der Waals surface area contributed by atoms with Crippen LogP contribution in [0.1, 0.15) is 25.5 Å². The van der Waals surface area contributed by atoms with Crippen LogP contribution in [0.5, 0.6) is 11.5 Å². The molecule has 0 aliphatic rings. The van der Waals surface area contributed by atoms with Gasteiger partial charge >= 0.3 is 0 Å². The number of nitrogens with zero attached hydrogens (tertiary/aromatic N) is 1. The molecule has 1 rings (SSSR count). The summed E-state index contributed by atoms with van der Waals surface area (Å²) in [5, 5.41) is 3.37. The van der Waals surface area contributed by atoms with Gasteiger partial charge in [-0.25, -0.2) is 0 Å². The van der Waals surface area contributed by atoms with Crippen molar-refractivity contribution in [3.8, 4) is 11.5 Å². The second-order valence-corrected chi connectivity index (χ2v) is 4.44. The molecule has 0 heterocycles. The first-order valence-electron chi connectivity index (χ1n) is 6.81. The van der Waals surface area contributed by atoms with Crippen LogP contribution in [0, 0.1) is 0 Å². The second kappa shape index (κ2) is 8.02. The number of hydrogen-bond donors (Lipinski definition) is 1. The minimum Gasteiger partial charge on any atom is -0.493 e. The van der Waals surface area contributed by atoms with E-state index >= 15 is 0 Å². The quantitative estimate of drug-likeness (QED) is 0.783. The third-order valence-electron chi connectivity index (χ3n) is 3.49. The lowest BCUT2D eigenvalue weighted by Gasteiger charge is -2.25. The van der Waals surface area contributed by atoms with Crippen LogP contribution < -0.4 is 14.8 Å². The molecule has 0 bridgehead atoms. The first-order valence-corrected chi connectivity index (χ1v) is 6.81. The molecule has 1 unspecified atom stereocenters. The summed E-state index contributed by atoms with van der Waals surface area (Å²) in [5.74, 6) is 1.55. The molecular formula is C15H26N2O2. The average molecular weight is 266 g/mol. The molecule has 0 spiro atoms. The van der Waals surface area contributed by atoms with Crippen LogP contribution in [-0.4, -0.2) is 45.8 Å². The van der Waals surface area contributed by atoms with Crippen LogP contribution >= 0.6 is 0 Å². The molecule has 108 valence electrons. The smallest absolute Gasteiger partial charge is 0.161 e. The molecule has 1 atom stereocenters. The minimum absolute atomic E-state index is 0.291. The average Bonchev–Trinajstić information content (AvgIpc) is 2.48. The Kier molecular flexibility index (Phi) is 6.67. The Balaban J connectivity index is 2.92. The fourth-order valence-corrected chi connectivity index (χ4v) is 2.17. The molecule has 0 fully saturated rings. The number of likely N-dealkylation sites (N-methyl/N-ethyl adjacent to an activating group) is 2. The molecule has 0 aliphatic heterocycles. The lowest BCUT2D eigenvalue weighted by molar-refractivity contribution is 0.270. The highest BCUT2D eigenvalue weighted by Crippen LogP contribution is 2.30. The Morgan fingerprint density at radius 3 is 2.21 bits per heavy atom. The van der Waals surface area contributed by atoms with E-state index in [2.05, 4.69) is 30.1 Å². The predicted molar refractivity (Wildman–Crippen MR) is 79.1 cm³/mol. The van der Waals surface area contributed by atoms with Crippen molar-refractivity contribution >= 4 is 0 Å². The van der Waals surface area contributed by atoms with Gasteiger partial charge in [0.25, 0.3) is 0 Å². The Hall–Kier alpha value is -1.26. The van der Waals surface area contributed by atoms with Gasteiger partial charge in [0, 0.05) is 12.6 Å². The van der Waals surface area contributed by atoms with E-state index in [1.807, 2.05) is 19.2 Å². The number of benzene rings is 1. The van der Waals surface area contributed by atoms with Gasteiger partial charge in [-0.15, -0.1) is 0 Å². The molecular weight excluding hydrogens is 240 g/mol. The first kappa shape index (κ1) is 15.8. The fourth-order valence-electron chi connectivity index (χ4n) is 2.17. The predicted octanol–water partition coefficient (Wildman–Crippen LogP) is 2.31. The maximum absolute atomic E-state index is 5.36. The van der Waals surface area contributed by atoms with Gasteiger partial charge in [-0.3, -0.25) is 0 Å². The molecule has 0 radical (unpaired) electrons. The maximum atomic E-state index is 5.36. The van der Waals surface area contributed by atoms with E-state index in [1.54, 1.807) is 14.2 Å². The summed E-state index contributed by atoms with van der Waals surface area (Å²) >= 11 is 0. The second-order valence-electron chi connectivity index (χ2n) is 4.44. The molecule has 0 aliphatic carbocycles. The standard InChI is InChI=1S/C15H26N2O2/c1-6-17(7-2)11-13(16-3)12-8-9-14(18-4)15(10-12)19-5/h8-10,13,16H,6-7,11H2,1-5H3. The number of ether oxygens (including phenoxy) is 2. The molecule has 4 nitrogen and oxygen atoms in total. The number of rotatable bonds is 8. The number of methoxy groups -OCH3 is 2. The number of nitrogens with one attached hydrogen (secondary N) is 1. The zero-order valence-electron chi connectivity index (χ0n) is 12.7. The van der Waals surface area contributed by atoms with Crippen LogP contribution in [0.2, 0.25) is 0 Å². The van der Waals surface area contributed by atoms with E-state index in [4.69, 9.17) is 9.47 Å². The monoisotopic (exact) mass is 266 g/mol. The van der Waals surface area contributed by atoms with Crippen LogP contribution in [-0.2, 0) is 0 Å². The van der Waals surface area contributed by atoms with Crippen LogP contribution in [0.25, 0.3) is 0 Å². The highest BCUT2D eigenvalue weighted by molar-refractivity contribution is 5.43. The normalized spacial score (nSPS) is 12.5. The third-order valence-corrected chi connectivity index (χ3v) is 3.49. The van der Waals surface area contributed by atoms with Gasteiger partial charge in [-0.2, -0.15) is 0 Å². The summed E-state index contributed by atoms with van der Waals surface area (Å²) in [7, 11) is 5.31. The van der Waals surface area contributed by atoms with Crippen molar-refractivity contribution in [3.05, 3.63) is 23.8 Å². The van der Waals surface area contributed by atoms with Crippen molar-refractivity contribution in [2.45, 2.75) is 19.9 Å². The summed E-state index contributed by atoms with van der Waals surface area (Å²) in [6.07, 6.45) is 0. The molecule has 0 saturated carbocycles. The van der Waals surface area contributed by atoms with E-state index in [9.17, 15) is 0 Å². The number of hydrogen-bond acceptors (Lipinski definition) is 4. The summed E-state index contributed by atoms with van der Waals surface area (Å²) in [5.41, 5.74) is 1.21. The molecule has 1 N–H and O–H groups in total. The van der Waals surface area contributed by atoms with Gasteiger partial charge < -0.3 is 19.7 Å². The Bertz CT molecular complexity index is 378. The highest BCUT2D eigenvalue weighted by Gasteiger charge is 2.15. The van der Waals surface area contributed by atoms with Crippen LogP contribution in [0.15, 0.2) is 18.2 Å². The lowest BCUT2D eigenvalue weighted by Crippen LogP contribution is -2.33. The van der Waals surface area contributed by atoms with Crippen LogP contribution in [0.3, 0.4) is 0 Å². The fraction of sp³-hybridized carbons (Fsp3) is 0.600. The zero-order valence-corrected chi connectivity index (χ0v) is 12.7. The third kappa shape index (κ3) is 4.11. The van der Waals surface area contributed by atoms with E-state index in [1.165, 1.54) is 5.56 Å². The van der Waals surface area contributed by atoms with Crippen molar-refractivity contribution in [3.63, 3.8) is 0 Å². The Morgan fingerprint density at radius 2 is 1.74 bits per heavy atom.